The second kappa shape index (κ2) is 6.82. The minimum atomic E-state index is -0.506. The number of nitrogens with zero attached hydrogens (tertiary/aromatic N) is 6. The summed E-state index contributed by atoms with van der Waals surface area (Å²) in [5.74, 6) is 0.517. The van der Waals surface area contributed by atoms with E-state index in [-0.39, 0.29) is 0 Å². The molecule has 8 nitrogen and oxygen atoms in total. The molecule has 31 heavy (non-hydrogen) atoms. The summed E-state index contributed by atoms with van der Waals surface area (Å²) in [5, 5.41) is 0. The Balaban J connectivity index is 1.70. The van der Waals surface area contributed by atoms with Gasteiger partial charge in [-0.2, -0.15) is 0 Å². The zero-order valence-corrected chi connectivity index (χ0v) is 17.5. The van der Waals surface area contributed by atoms with Gasteiger partial charge < -0.3 is 11.5 Å². The van der Waals surface area contributed by atoms with Gasteiger partial charge in [-0.25, -0.2) is 15.0 Å². The van der Waals surface area contributed by atoms with E-state index in [2.05, 4.69) is 19.9 Å². The molecule has 5 rings (SSSR count). The van der Waals surface area contributed by atoms with Crippen molar-refractivity contribution in [2.45, 2.75) is 26.3 Å². The quantitative estimate of drug-likeness (QED) is 0.467. The van der Waals surface area contributed by atoms with Gasteiger partial charge in [-0.1, -0.05) is 0 Å². The molecule has 0 atom stereocenters. The number of nitrogen functional groups attached to an aromatic ring is 1. The molecule has 154 valence electrons. The maximum atomic E-state index is 6.17. The highest BCUT2D eigenvalue weighted by Gasteiger charge is 2.17. The number of imidazole rings is 1. The van der Waals surface area contributed by atoms with Crippen LogP contribution in [0.2, 0.25) is 0 Å². The van der Waals surface area contributed by atoms with Crippen LogP contribution in [0.4, 0.5) is 5.82 Å². The number of fused-ring (bicyclic) bond motifs is 3. The van der Waals surface area contributed by atoms with E-state index in [1.54, 1.807) is 24.9 Å². The number of hydrogen-bond acceptors (Lipinski definition) is 7. The minimum Gasteiger partial charge on any atom is -0.383 e. The highest BCUT2D eigenvalue weighted by Crippen LogP contribution is 2.28. The van der Waals surface area contributed by atoms with Gasteiger partial charge in [0, 0.05) is 11.8 Å². The van der Waals surface area contributed by atoms with Crippen molar-refractivity contribution in [3.63, 3.8) is 0 Å². The third kappa shape index (κ3) is 3.27. The van der Waals surface area contributed by atoms with Gasteiger partial charge in [0.2, 0.25) is 0 Å². The Morgan fingerprint density at radius 3 is 2.45 bits per heavy atom. The van der Waals surface area contributed by atoms with E-state index in [9.17, 15) is 0 Å². The maximum Gasteiger partial charge on any atom is 0.126 e. The summed E-state index contributed by atoms with van der Waals surface area (Å²) in [6.45, 7) is 5.79. The highest BCUT2D eigenvalue weighted by molar-refractivity contribution is 6.01. The molecule has 5 heterocycles. The fraction of sp³-hybridized carbons (Fsp3) is 0.174. The minimum absolute atomic E-state index is 0.506. The highest BCUT2D eigenvalue weighted by atomic mass is 15.1. The zero-order chi connectivity index (χ0) is 21.8. The third-order valence-corrected chi connectivity index (χ3v) is 5.32. The summed E-state index contributed by atoms with van der Waals surface area (Å²) in [5.41, 5.74) is 19.0. The fourth-order valence-corrected chi connectivity index (χ4v) is 3.54. The average Bonchev–Trinajstić information content (AvgIpc) is 3.19. The smallest absolute Gasteiger partial charge is 0.126 e. The number of anilines is 1. The van der Waals surface area contributed by atoms with Gasteiger partial charge in [0.25, 0.3) is 0 Å². The first-order valence-corrected chi connectivity index (χ1v) is 9.92. The van der Waals surface area contributed by atoms with E-state index in [4.69, 9.17) is 16.5 Å². The lowest BCUT2D eigenvalue weighted by molar-refractivity contribution is 0.535. The molecule has 0 aromatic carbocycles. The Bertz CT molecular complexity index is 1430. The molecule has 4 N–H and O–H groups in total. The lowest BCUT2D eigenvalue weighted by Crippen LogP contribution is -2.29. The SMILES string of the molecule is Cc1cc(-c2ccc3ncc4ncn(-c5ccc(C(C)(C)N)nc5)c4c3n2)cnc1N. The van der Waals surface area contributed by atoms with Crippen LogP contribution in [0.5, 0.6) is 0 Å². The van der Waals surface area contributed by atoms with Crippen LogP contribution in [0.1, 0.15) is 25.1 Å². The van der Waals surface area contributed by atoms with Gasteiger partial charge in [-0.3, -0.25) is 14.5 Å². The van der Waals surface area contributed by atoms with Gasteiger partial charge in [0.15, 0.2) is 0 Å². The van der Waals surface area contributed by atoms with Crippen molar-refractivity contribution in [1.29, 1.82) is 0 Å². The molecule has 0 aliphatic carbocycles. The Kier molecular flexibility index (Phi) is 4.19. The predicted molar refractivity (Wildman–Crippen MR) is 122 cm³/mol. The molecular weight excluding hydrogens is 388 g/mol. The van der Waals surface area contributed by atoms with E-state index in [1.807, 2.05) is 55.7 Å². The molecule has 0 bridgehead atoms. The van der Waals surface area contributed by atoms with E-state index in [1.165, 1.54) is 0 Å². The Labute approximate surface area is 179 Å². The van der Waals surface area contributed by atoms with E-state index in [0.29, 0.717) is 5.82 Å². The van der Waals surface area contributed by atoms with Crippen LogP contribution in [-0.4, -0.2) is 29.5 Å². The molecule has 0 aliphatic heterocycles. The monoisotopic (exact) mass is 410 g/mol. The second-order valence-corrected chi connectivity index (χ2v) is 8.22. The molecule has 0 unspecified atom stereocenters. The molecule has 0 aliphatic rings. The topological polar surface area (TPSA) is 121 Å². The predicted octanol–water partition coefficient (Wildman–Crippen LogP) is 3.51. The first-order chi connectivity index (χ1) is 14.8. The standard InChI is InChI=1S/C23H22N8/c1-13-8-14(9-28-22(13)24)16-5-6-17-20(30-16)21-18(11-26-17)29-12-31(21)15-4-7-19(27-10-15)23(2,3)25/h4-12H,25H2,1-3H3,(H2,24,28). The van der Waals surface area contributed by atoms with Gasteiger partial charge >= 0.3 is 0 Å². The Hall–Kier alpha value is -3.91. The van der Waals surface area contributed by atoms with Crippen LogP contribution in [0.3, 0.4) is 0 Å². The average molecular weight is 410 g/mol. The maximum absolute atomic E-state index is 6.17. The Morgan fingerprint density at radius 2 is 1.74 bits per heavy atom. The van der Waals surface area contributed by atoms with Crippen LogP contribution in [0.25, 0.3) is 39.0 Å². The van der Waals surface area contributed by atoms with E-state index >= 15 is 0 Å². The fourth-order valence-electron chi connectivity index (χ4n) is 3.54. The first-order valence-electron chi connectivity index (χ1n) is 9.92. The van der Waals surface area contributed by atoms with Crippen molar-refractivity contribution in [1.82, 2.24) is 29.5 Å². The van der Waals surface area contributed by atoms with Crippen molar-refractivity contribution < 1.29 is 0 Å². The van der Waals surface area contributed by atoms with Gasteiger partial charge in [0.1, 0.15) is 28.7 Å². The van der Waals surface area contributed by atoms with Crippen LogP contribution in [-0.2, 0) is 5.54 Å². The first kappa shape index (κ1) is 19.1. The summed E-state index contributed by atoms with van der Waals surface area (Å²) in [7, 11) is 0. The molecule has 8 heteroatoms. The van der Waals surface area contributed by atoms with Crippen LogP contribution < -0.4 is 11.5 Å². The van der Waals surface area contributed by atoms with Gasteiger partial charge in [-0.15, -0.1) is 0 Å². The molecule has 5 aromatic rings. The lowest BCUT2D eigenvalue weighted by atomic mass is 10.0. The molecule has 0 fully saturated rings. The zero-order valence-electron chi connectivity index (χ0n) is 17.5. The number of aromatic nitrogens is 6. The van der Waals surface area contributed by atoms with Crippen LogP contribution in [0.15, 0.2) is 55.2 Å². The van der Waals surface area contributed by atoms with Crippen molar-refractivity contribution in [2.24, 2.45) is 5.73 Å². The lowest BCUT2D eigenvalue weighted by Gasteiger charge is -2.18. The van der Waals surface area contributed by atoms with Crippen molar-refractivity contribution in [3.05, 3.63) is 66.5 Å². The molecule has 5 aromatic heterocycles. The molecule has 0 saturated carbocycles. The van der Waals surface area contributed by atoms with Crippen LogP contribution in [0, 0.1) is 6.92 Å². The Morgan fingerprint density at radius 1 is 0.903 bits per heavy atom. The third-order valence-electron chi connectivity index (χ3n) is 5.32. The van der Waals surface area contributed by atoms with E-state index < -0.39 is 5.54 Å². The second-order valence-electron chi connectivity index (χ2n) is 8.22. The normalized spacial score (nSPS) is 12.0. The number of pyridine rings is 4. The molecule has 0 amide bonds. The van der Waals surface area contributed by atoms with Crippen molar-refractivity contribution in [2.75, 3.05) is 5.73 Å². The molecule has 0 saturated heterocycles. The largest absolute Gasteiger partial charge is 0.383 e. The van der Waals surface area contributed by atoms with Crippen molar-refractivity contribution >= 4 is 27.9 Å². The van der Waals surface area contributed by atoms with E-state index in [0.717, 1.165) is 50.3 Å². The summed E-state index contributed by atoms with van der Waals surface area (Å²) in [6.07, 6.45) is 7.06. The van der Waals surface area contributed by atoms with Crippen molar-refractivity contribution in [3.8, 4) is 16.9 Å². The molecule has 0 radical (unpaired) electrons. The number of aryl methyl sites for hydroxylation is 1. The van der Waals surface area contributed by atoms with Gasteiger partial charge in [-0.05, 0) is 56.7 Å². The molecular formula is C23H22N8. The summed E-state index contributed by atoms with van der Waals surface area (Å²) < 4.78 is 1.98. The van der Waals surface area contributed by atoms with Gasteiger partial charge in [0.05, 0.1) is 40.5 Å². The van der Waals surface area contributed by atoms with Crippen LogP contribution >= 0.6 is 0 Å². The number of nitrogens with two attached hydrogens (primary N) is 2. The molecule has 0 spiro atoms. The summed E-state index contributed by atoms with van der Waals surface area (Å²) in [4.78, 5) is 22.8. The summed E-state index contributed by atoms with van der Waals surface area (Å²) in [6, 6.07) is 9.80. The number of rotatable bonds is 3. The number of hydrogen-bond donors (Lipinski definition) is 2. The summed E-state index contributed by atoms with van der Waals surface area (Å²) >= 11 is 0.